The van der Waals surface area contributed by atoms with E-state index in [9.17, 15) is 4.79 Å². The van der Waals surface area contributed by atoms with Gasteiger partial charge < -0.3 is 5.11 Å². The maximum Gasteiger partial charge on any atom is 0.136 e. The van der Waals surface area contributed by atoms with Crippen molar-refractivity contribution >= 4 is 5.78 Å². The zero-order chi connectivity index (χ0) is 10.3. The third-order valence-corrected chi connectivity index (χ3v) is 2.13. The number of carbonyl (C=O) groups excluding carboxylic acids is 1. The van der Waals surface area contributed by atoms with E-state index in [0.29, 0.717) is 12.8 Å². The maximum absolute atomic E-state index is 11.3. The highest BCUT2D eigenvalue weighted by Crippen LogP contribution is 2.26. The van der Waals surface area contributed by atoms with Crippen molar-refractivity contribution in [2.24, 2.45) is 5.41 Å². The largest absolute Gasteiger partial charge is 0.384 e. The molecule has 0 aliphatic carbocycles. The highest BCUT2D eigenvalue weighted by atomic mass is 16.2. The number of hydrogen-bond donors (Lipinski definition) is 1. The number of aliphatic hydroxyl groups excluding tert-OH is 1. The predicted molar refractivity (Wildman–Crippen MR) is 53.1 cm³/mol. The molecule has 0 aromatic carbocycles. The Morgan fingerprint density at radius 2 is 2.23 bits per heavy atom. The van der Waals surface area contributed by atoms with Gasteiger partial charge in [0.1, 0.15) is 12.4 Å². The summed E-state index contributed by atoms with van der Waals surface area (Å²) in [7, 11) is 0. The van der Waals surface area contributed by atoms with Gasteiger partial charge in [0.2, 0.25) is 0 Å². The Hall–Kier alpha value is -1.07. The molecule has 0 radical (unpaired) electrons. The number of aliphatic hydroxyl groups is 1. The van der Waals surface area contributed by atoms with Crippen molar-refractivity contribution in [2.75, 3.05) is 6.61 Å². The molecule has 72 valence electrons. The van der Waals surface area contributed by atoms with Crippen LogP contribution in [0.5, 0.6) is 0 Å². The van der Waals surface area contributed by atoms with Crippen molar-refractivity contribution in [1.29, 1.82) is 0 Å². The van der Waals surface area contributed by atoms with Crippen LogP contribution in [0.4, 0.5) is 0 Å². The summed E-state index contributed by atoms with van der Waals surface area (Å²) in [5.41, 5.74) is -0.441. The van der Waals surface area contributed by atoms with Crippen LogP contribution in [0, 0.1) is 17.3 Å². The number of rotatable bonds is 4. The Labute approximate surface area is 79.7 Å². The molecular formula is C11H16O2. The van der Waals surface area contributed by atoms with Crippen LogP contribution in [0.3, 0.4) is 0 Å². The highest BCUT2D eigenvalue weighted by molar-refractivity contribution is 5.82. The molecule has 0 aliphatic rings. The van der Waals surface area contributed by atoms with Gasteiger partial charge in [-0.25, -0.2) is 0 Å². The first kappa shape index (κ1) is 11.9. The average molecular weight is 180 g/mol. The van der Waals surface area contributed by atoms with Crippen LogP contribution < -0.4 is 0 Å². The topological polar surface area (TPSA) is 37.3 Å². The Balaban J connectivity index is 4.41. The van der Waals surface area contributed by atoms with Gasteiger partial charge in [-0.3, -0.25) is 4.79 Å². The van der Waals surface area contributed by atoms with Gasteiger partial charge in [-0.05, 0) is 13.3 Å². The number of Topliss-reactive ketones (excluding diaryl/α,β-unsaturated/α-hetero) is 1. The molecule has 0 amide bonds. The van der Waals surface area contributed by atoms with Crippen LogP contribution in [-0.2, 0) is 4.79 Å². The van der Waals surface area contributed by atoms with Crippen molar-refractivity contribution in [1.82, 2.24) is 0 Å². The fraction of sp³-hybridized carbons (Fsp3) is 0.545. The molecule has 0 aromatic rings. The maximum atomic E-state index is 11.3. The normalized spacial score (nSPS) is 13.8. The standard InChI is InChI=1S/C11H16O2/c1-4-7-11(3,10(2)13)8-5-6-9-12/h4,12H,1,7-9H2,2-3H3. The molecular weight excluding hydrogens is 164 g/mol. The molecule has 13 heavy (non-hydrogen) atoms. The summed E-state index contributed by atoms with van der Waals surface area (Å²) in [6.07, 6.45) is 2.83. The van der Waals surface area contributed by atoms with Crippen LogP contribution in [0.2, 0.25) is 0 Å². The smallest absolute Gasteiger partial charge is 0.136 e. The lowest BCUT2D eigenvalue weighted by molar-refractivity contribution is -0.125. The van der Waals surface area contributed by atoms with E-state index in [1.54, 1.807) is 13.0 Å². The third-order valence-electron chi connectivity index (χ3n) is 2.13. The van der Waals surface area contributed by atoms with E-state index in [1.807, 2.05) is 6.92 Å². The molecule has 0 aliphatic heterocycles. The third kappa shape index (κ3) is 3.91. The molecule has 1 N–H and O–H groups in total. The molecule has 0 fully saturated rings. The van der Waals surface area contributed by atoms with Crippen molar-refractivity contribution in [3.8, 4) is 11.8 Å². The van der Waals surface area contributed by atoms with Gasteiger partial charge in [-0.2, -0.15) is 0 Å². The summed E-state index contributed by atoms with van der Waals surface area (Å²) in [5, 5.41) is 8.45. The molecule has 0 saturated carbocycles. The van der Waals surface area contributed by atoms with Crippen molar-refractivity contribution in [2.45, 2.75) is 26.7 Å². The Bertz CT molecular complexity index is 245. The average Bonchev–Trinajstić information content (AvgIpc) is 2.05. The minimum Gasteiger partial charge on any atom is -0.384 e. The lowest BCUT2D eigenvalue weighted by Crippen LogP contribution is -2.24. The molecule has 0 bridgehead atoms. The number of carbonyl (C=O) groups is 1. The van der Waals surface area contributed by atoms with Crippen LogP contribution in [0.25, 0.3) is 0 Å². The molecule has 1 unspecified atom stereocenters. The minimum atomic E-state index is -0.441. The van der Waals surface area contributed by atoms with Gasteiger partial charge >= 0.3 is 0 Å². The van der Waals surface area contributed by atoms with Gasteiger partial charge in [-0.1, -0.05) is 24.8 Å². The van der Waals surface area contributed by atoms with Gasteiger partial charge in [-0.15, -0.1) is 6.58 Å². The summed E-state index contributed by atoms with van der Waals surface area (Å²) in [6, 6.07) is 0. The monoisotopic (exact) mass is 180 g/mol. The van der Waals surface area contributed by atoms with E-state index in [1.165, 1.54) is 0 Å². The molecule has 2 nitrogen and oxygen atoms in total. The second kappa shape index (κ2) is 5.55. The fourth-order valence-corrected chi connectivity index (χ4v) is 0.972. The first-order chi connectivity index (χ1) is 6.06. The zero-order valence-electron chi connectivity index (χ0n) is 8.26. The molecule has 0 rings (SSSR count). The lowest BCUT2D eigenvalue weighted by atomic mass is 9.80. The summed E-state index contributed by atoms with van der Waals surface area (Å²) in [5.74, 6) is 5.42. The Kier molecular flexibility index (Phi) is 5.10. The summed E-state index contributed by atoms with van der Waals surface area (Å²) in [4.78, 5) is 11.3. The molecule has 0 spiro atoms. The van der Waals surface area contributed by atoms with Crippen molar-refractivity contribution in [3.63, 3.8) is 0 Å². The molecule has 0 heterocycles. The zero-order valence-corrected chi connectivity index (χ0v) is 8.26. The van der Waals surface area contributed by atoms with E-state index in [-0.39, 0.29) is 12.4 Å². The second-order valence-electron chi connectivity index (χ2n) is 3.30. The van der Waals surface area contributed by atoms with Crippen molar-refractivity contribution in [3.05, 3.63) is 12.7 Å². The Morgan fingerprint density at radius 1 is 1.62 bits per heavy atom. The molecule has 1 atom stereocenters. The Morgan fingerprint density at radius 3 is 2.62 bits per heavy atom. The van der Waals surface area contributed by atoms with Crippen LogP contribution in [0.15, 0.2) is 12.7 Å². The SMILES string of the molecule is C=CCC(C)(CC#CCO)C(C)=O. The van der Waals surface area contributed by atoms with Crippen LogP contribution in [0.1, 0.15) is 26.7 Å². The van der Waals surface area contributed by atoms with Crippen LogP contribution >= 0.6 is 0 Å². The van der Waals surface area contributed by atoms with Gasteiger partial charge in [0.05, 0.1) is 0 Å². The second-order valence-corrected chi connectivity index (χ2v) is 3.30. The summed E-state index contributed by atoms with van der Waals surface area (Å²) < 4.78 is 0. The first-order valence-electron chi connectivity index (χ1n) is 4.25. The highest BCUT2D eigenvalue weighted by Gasteiger charge is 2.26. The number of allylic oxidation sites excluding steroid dienone is 1. The van der Waals surface area contributed by atoms with Gasteiger partial charge in [0, 0.05) is 11.8 Å². The summed E-state index contributed by atoms with van der Waals surface area (Å²) in [6.45, 7) is 6.88. The number of ketones is 1. The van der Waals surface area contributed by atoms with Crippen LogP contribution in [-0.4, -0.2) is 17.5 Å². The van der Waals surface area contributed by atoms with E-state index < -0.39 is 5.41 Å². The van der Waals surface area contributed by atoms with E-state index in [4.69, 9.17) is 5.11 Å². The van der Waals surface area contributed by atoms with Gasteiger partial charge in [0.15, 0.2) is 0 Å². The first-order valence-corrected chi connectivity index (χ1v) is 4.25. The fourth-order valence-electron chi connectivity index (χ4n) is 0.972. The minimum absolute atomic E-state index is 0.111. The van der Waals surface area contributed by atoms with E-state index >= 15 is 0 Å². The molecule has 2 heteroatoms. The van der Waals surface area contributed by atoms with E-state index in [0.717, 1.165) is 0 Å². The van der Waals surface area contributed by atoms with E-state index in [2.05, 4.69) is 18.4 Å². The van der Waals surface area contributed by atoms with Gasteiger partial charge in [0.25, 0.3) is 0 Å². The summed E-state index contributed by atoms with van der Waals surface area (Å²) >= 11 is 0. The predicted octanol–water partition coefficient (Wildman–Crippen LogP) is 1.54. The lowest BCUT2D eigenvalue weighted by Gasteiger charge is -2.21. The molecule has 0 aromatic heterocycles. The van der Waals surface area contributed by atoms with Crippen molar-refractivity contribution < 1.29 is 9.90 Å². The quantitative estimate of drug-likeness (QED) is 0.526. The number of hydrogen-bond acceptors (Lipinski definition) is 2. The molecule has 0 saturated heterocycles.